The molecule has 3 aromatic carbocycles. The maximum Gasteiger partial charge on any atom is 0.255 e. The van der Waals surface area contributed by atoms with E-state index in [0.29, 0.717) is 27.5 Å². The van der Waals surface area contributed by atoms with Crippen molar-refractivity contribution in [3.8, 4) is 5.75 Å². The number of benzene rings is 3. The normalized spacial score (nSPS) is 10.8. The highest BCUT2D eigenvalue weighted by atomic mass is 35.5. The summed E-state index contributed by atoms with van der Waals surface area (Å²) in [6, 6.07) is 20.9. The van der Waals surface area contributed by atoms with Crippen molar-refractivity contribution in [1.82, 2.24) is 0 Å². The van der Waals surface area contributed by atoms with Crippen LogP contribution in [0.4, 0.5) is 11.4 Å². The molecule has 0 atom stereocenters. The molecule has 0 aliphatic heterocycles. The van der Waals surface area contributed by atoms with Gasteiger partial charge in [-0.25, -0.2) is 0 Å². The van der Waals surface area contributed by atoms with Crippen molar-refractivity contribution in [3.63, 3.8) is 0 Å². The number of aromatic hydroxyl groups is 1. The lowest BCUT2D eigenvalue weighted by Gasteiger charge is -2.05. The molecule has 3 aromatic rings. The second-order valence-corrected chi connectivity index (χ2v) is 5.76. The summed E-state index contributed by atoms with van der Waals surface area (Å²) in [5.74, 6) is -0.0550. The number of halogens is 1. The van der Waals surface area contributed by atoms with Crippen LogP contribution in [0.1, 0.15) is 15.9 Å². The topological polar surface area (TPSA) is 61.7 Å². The average Bonchev–Trinajstić information content (AvgIpc) is 2.64. The Hall–Kier alpha value is -3.11. The van der Waals surface area contributed by atoms with Gasteiger partial charge in [0, 0.05) is 28.1 Å². The Labute approximate surface area is 150 Å². The van der Waals surface area contributed by atoms with Crippen LogP contribution in [0.5, 0.6) is 5.75 Å². The quantitative estimate of drug-likeness (QED) is 0.647. The molecule has 0 aromatic heterocycles. The van der Waals surface area contributed by atoms with Crippen LogP contribution in [0.25, 0.3) is 0 Å². The van der Waals surface area contributed by atoms with Gasteiger partial charge in [-0.05, 0) is 54.6 Å². The molecule has 3 rings (SSSR count). The van der Waals surface area contributed by atoms with Crippen LogP contribution in [-0.2, 0) is 0 Å². The second kappa shape index (κ2) is 7.64. The Kier molecular flexibility index (Phi) is 5.11. The van der Waals surface area contributed by atoms with Gasteiger partial charge in [-0.15, -0.1) is 0 Å². The van der Waals surface area contributed by atoms with Crippen molar-refractivity contribution < 1.29 is 9.90 Å². The van der Waals surface area contributed by atoms with Crippen molar-refractivity contribution in [2.75, 3.05) is 5.32 Å². The molecule has 4 nitrogen and oxygen atoms in total. The zero-order valence-corrected chi connectivity index (χ0v) is 13.9. The Balaban J connectivity index is 1.69. The molecule has 25 heavy (non-hydrogen) atoms. The summed E-state index contributed by atoms with van der Waals surface area (Å²) in [5.41, 5.74) is 2.51. The lowest BCUT2D eigenvalue weighted by molar-refractivity contribution is 0.102. The van der Waals surface area contributed by atoms with E-state index in [2.05, 4.69) is 10.3 Å². The molecule has 0 aliphatic carbocycles. The van der Waals surface area contributed by atoms with Gasteiger partial charge in [0.15, 0.2) is 0 Å². The molecule has 0 unspecified atom stereocenters. The highest BCUT2D eigenvalue weighted by Crippen LogP contribution is 2.22. The maximum atomic E-state index is 12.1. The first-order chi connectivity index (χ1) is 12.1. The van der Waals surface area contributed by atoms with Gasteiger partial charge in [0.05, 0.1) is 5.69 Å². The number of hydrogen-bond donors (Lipinski definition) is 2. The van der Waals surface area contributed by atoms with Crippen LogP contribution in [-0.4, -0.2) is 17.2 Å². The van der Waals surface area contributed by atoms with E-state index in [1.807, 2.05) is 18.2 Å². The van der Waals surface area contributed by atoms with Crippen molar-refractivity contribution in [1.29, 1.82) is 0 Å². The number of anilines is 1. The molecule has 124 valence electrons. The van der Waals surface area contributed by atoms with Gasteiger partial charge in [-0.1, -0.05) is 29.8 Å². The molecule has 0 heterocycles. The smallest absolute Gasteiger partial charge is 0.255 e. The van der Waals surface area contributed by atoms with E-state index in [-0.39, 0.29) is 11.7 Å². The molecule has 0 fully saturated rings. The van der Waals surface area contributed by atoms with E-state index < -0.39 is 0 Å². The van der Waals surface area contributed by atoms with Gasteiger partial charge in [0.2, 0.25) is 0 Å². The Morgan fingerprint density at radius 1 is 1.00 bits per heavy atom. The summed E-state index contributed by atoms with van der Waals surface area (Å²) in [5, 5.41) is 13.1. The fourth-order valence-electron chi connectivity index (χ4n) is 2.20. The van der Waals surface area contributed by atoms with Gasteiger partial charge >= 0.3 is 0 Å². The number of phenolic OH excluding ortho intramolecular Hbond substituents is 1. The van der Waals surface area contributed by atoms with E-state index >= 15 is 0 Å². The molecule has 0 bridgehead atoms. The first kappa shape index (κ1) is 16.7. The Morgan fingerprint density at radius 3 is 2.44 bits per heavy atom. The number of nitrogens with zero attached hydrogens (tertiary/aromatic N) is 1. The van der Waals surface area contributed by atoms with E-state index in [9.17, 15) is 9.90 Å². The molecule has 2 N–H and O–H groups in total. The lowest BCUT2D eigenvalue weighted by Crippen LogP contribution is -2.11. The first-order valence-corrected chi connectivity index (χ1v) is 7.99. The minimum absolute atomic E-state index is 0.111. The van der Waals surface area contributed by atoms with Crippen molar-refractivity contribution in [2.45, 2.75) is 0 Å². The molecular weight excluding hydrogens is 336 g/mol. The number of hydrogen-bond acceptors (Lipinski definition) is 3. The molecule has 0 radical (unpaired) electrons. The molecule has 0 aliphatic rings. The van der Waals surface area contributed by atoms with Gasteiger partial charge < -0.3 is 10.4 Å². The summed E-state index contributed by atoms with van der Waals surface area (Å²) < 4.78 is 0. The van der Waals surface area contributed by atoms with E-state index in [1.165, 1.54) is 6.07 Å². The second-order valence-electron chi connectivity index (χ2n) is 5.33. The molecule has 1 amide bonds. The van der Waals surface area contributed by atoms with Gasteiger partial charge in [-0.3, -0.25) is 9.79 Å². The van der Waals surface area contributed by atoms with Crippen LogP contribution in [0.3, 0.4) is 0 Å². The summed E-state index contributed by atoms with van der Waals surface area (Å²) in [6.45, 7) is 0. The van der Waals surface area contributed by atoms with E-state index in [0.717, 1.165) is 0 Å². The average molecular weight is 351 g/mol. The van der Waals surface area contributed by atoms with Gasteiger partial charge in [-0.2, -0.15) is 0 Å². The first-order valence-electron chi connectivity index (χ1n) is 7.61. The monoisotopic (exact) mass is 350 g/mol. The standard InChI is InChI=1S/C20H15ClN2O2/c21-16-6-11-19(24)15(12-16)13-22-17-7-9-18(10-8-17)23-20(25)14-4-2-1-3-5-14/h1-13,24H,(H,23,25). The maximum absolute atomic E-state index is 12.1. The molecule has 0 spiro atoms. The summed E-state index contributed by atoms with van der Waals surface area (Å²) in [7, 11) is 0. The molecule has 5 heteroatoms. The Bertz CT molecular complexity index is 907. The number of amides is 1. The lowest BCUT2D eigenvalue weighted by atomic mass is 10.2. The Morgan fingerprint density at radius 2 is 1.72 bits per heavy atom. The number of phenols is 1. The van der Waals surface area contributed by atoms with Crippen LogP contribution in [0.15, 0.2) is 77.8 Å². The van der Waals surface area contributed by atoms with Crippen molar-refractivity contribution in [2.24, 2.45) is 4.99 Å². The van der Waals surface area contributed by atoms with Crippen LogP contribution < -0.4 is 5.32 Å². The van der Waals surface area contributed by atoms with E-state index in [4.69, 9.17) is 11.6 Å². The predicted molar refractivity (Wildman–Crippen MR) is 101 cm³/mol. The van der Waals surface area contributed by atoms with Gasteiger partial charge in [0.1, 0.15) is 5.75 Å². The number of rotatable bonds is 4. The molecular formula is C20H15ClN2O2. The minimum Gasteiger partial charge on any atom is -0.507 e. The van der Waals surface area contributed by atoms with E-state index in [1.54, 1.807) is 54.7 Å². The van der Waals surface area contributed by atoms with Crippen LogP contribution in [0.2, 0.25) is 5.02 Å². The van der Waals surface area contributed by atoms with Crippen molar-refractivity contribution >= 4 is 35.1 Å². The predicted octanol–water partition coefficient (Wildman–Crippen LogP) is 5.05. The van der Waals surface area contributed by atoms with Crippen LogP contribution >= 0.6 is 11.6 Å². The fraction of sp³-hybridized carbons (Fsp3) is 0. The number of carbonyl (C=O) groups excluding carboxylic acids is 1. The number of carbonyl (C=O) groups is 1. The number of aliphatic imine (C=N–C) groups is 1. The third-order valence-electron chi connectivity index (χ3n) is 3.50. The minimum atomic E-state index is -0.166. The van der Waals surface area contributed by atoms with Gasteiger partial charge in [0.25, 0.3) is 5.91 Å². The third kappa shape index (κ3) is 4.46. The number of nitrogens with one attached hydrogen (secondary N) is 1. The summed E-state index contributed by atoms with van der Waals surface area (Å²) in [4.78, 5) is 16.4. The SMILES string of the molecule is O=C(Nc1ccc(N=Cc2cc(Cl)ccc2O)cc1)c1ccccc1. The zero-order valence-electron chi connectivity index (χ0n) is 13.2. The summed E-state index contributed by atoms with van der Waals surface area (Å²) >= 11 is 5.91. The molecule has 0 saturated carbocycles. The summed E-state index contributed by atoms with van der Waals surface area (Å²) in [6.07, 6.45) is 1.54. The third-order valence-corrected chi connectivity index (χ3v) is 3.74. The zero-order chi connectivity index (χ0) is 17.6. The van der Waals surface area contributed by atoms with Crippen molar-refractivity contribution in [3.05, 3.63) is 88.9 Å². The fourth-order valence-corrected chi connectivity index (χ4v) is 2.38. The molecule has 0 saturated heterocycles. The van der Waals surface area contributed by atoms with Crippen LogP contribution in [0, 0.1) is 0 Å². The highest BCUT2D eigenvalue weighted by molar-refractivity contribution is 6.30. The highest BCUT2D eigenvalue weighted by Gasteiger charge is 2.04. The largest absolute Gasteiger partial charge is 0.507 e.